The number of morpholine rings is 1. The first-order chi connectivity index (χ1) is 8.50. The number of hydrogen-bond acceptors (Lipinski definition) is 4. The lowest BCUT2D eigenvalue weighted by molar-refractivity contribution is -0.160. The first-order valence-corrected chi connectivity index (χ1v) is 5.85. The van der Waals surface area contributed by atoms with Crippen LogP contribution in [0.25, 0.3) is 0 Å². The number of aliphatic carboxylic acids is 1. The highest BCUT2D eigenvalue weighted by atomic mass is 16.5. The van der Waals surface area contributed by atoms with Crippen LogP contribution in [0.2, 0.25) is 0 Å². The lowest BCUT2D eigenvalue weighted by Crippen LogP contribution is -2.54. The third-order valence-electron chi connectivity index (χ3n) is 3.39. The molecule has 18 heavy (non-hydrogen) atoms. The van der Waals surface area contributed by atoms with E-state index in [0.29, 0.717) is 13.2 Å². The molecule has 0 aromatic carbocycles. The van der Waals surface area contributed by atoms with Gasteiger partial charge in [0, 0.05) is 26.6 Å². The average Bonchev–Trinajstić information content (AvgIpc) is 2.68. The number of carboxylic acid groups (broad SMARTS) is 1. The predicted molar refractivity (Wildman–Crippen MR) is 59.7 cm³/mol. The molecular formula is C11H16N2O5. The lowest BCUT2D eigenvalue weighted by atomic mass is 10.1. The predicted octanol–water partition coefficient (Wildman–Crippen LogP) is -1.22. The molecule has 2 fully saturated rings. The highest BCUT2D eigenvalue weighted by Gasteiger charge is 2.40. The van der Waals surface area contributed by atoms with Crippen LogP contribution in [-0.4, -0.2) is 72.1 Å². The Morgan fingerprint density at radius 1 is 1.44 bits per heavy atom. The van der Waals surface area contributed by atoms with Gasteiger partial charge in [-0.05, 0) is 0 Å². The van der Waals surface area contributed by atoms with E-state index in [1.165, 1.54) is 9.80 Å². The zero-order valence-corrected chi connectivity index (χ0v) is 10.2. The Kier molecular flexibility index (Phi) is 3.51. The lowest BCUT2D eigenvalue weighted by Gasteiger charge is -2.34. The van der Waals surface area contributed by atoms with Gasteiger partial charge in [0.25, 0.3) is 0 Å². The van der Waals surface area contributed by atoms with Gasteiger partial charge in [0.2, 0.25) is 11.8 Å². The smallest absolute Gasteiger partial charge is 0.328 e. The summed E-state index contributed by atoms with van der Waals surface area (Å²) in [7, 11) is 1.64. The zero-order chi connectivity index (χ0) is 13.3. The third-order valence-corrected chi connectivity index (χ3v) is 3.39. The Morgan fingerprint density at radius 3 is 2.72 bits per heavy atom. The molecule has 100 valence electrons. The summed E-state index contributed by atoms with van der Waals surface area (Å²) in [6, 6.07) is -0.938. The summed E-state index contributed by atoms with van der Waals surface area (Å²) in [6.45, 7) is 0.981. The van der Waals surface area contributed by atoms with Gasteiger partial charge in [0.1, 0.15) is 0 Å². The molecule has 2 heterocycles. The molecule has 2 unspecified atom stereocenters. The third kappa shape index (κ3) is 2.31. The first kappa shape index (κ1) is 12.8. The monoisotopic (exact) mass is 256 g/mol. The highest BCUT2D eigenvalue weighted by Crippen LogP contribution is 2.21. The number of rotatable bonds is 2. The molecule has 7 heteroatoms. The van der Waals surface area contributed by atoms with Crippen molar-refractivity contribution >= 4 is 17.8 Å². The van der Waals surface area contributed by atoms with Crippen LogP contribution in [0.3, 0.4) is 0 Å². The number of likely N-dealkylation sites (tertiary alicyclic amines) is 1. The fourth-order valence-corrected chi connectivity index (χ4v) is 2.34. The second kappa shape index (κ2) is 4.93. The quantitative estimate of drug-likeness (QED) is 0.669. The Hall–Kier alpha value is -1.63. The second-order valence-corrected chi connectivity index (χ2v) is 4.64. The maximum atomic E-state index is 12.2. The number of carbonyl (C=O) groups excluding carboxylic acids is 2. The molecule has 2 amide bonds. The molecular weight excluding hydrogens is 240 g/mol. The second-order valence-electron chi connectivity index (χ2n) is 4.64. The number of nitrogens with zero attached hydrogens (tertiary/aromatic N) is 2. The van der Waals surface area contributed by atoms with E-state index in [1.807, 2.05) is 0 Å². The van der Waals surface area contributed by atoms with E-state index < -0.39 is 17.9 Å². The van der Waals surface area contributed by atoms with Crippen molar-refractivity contribution in [3.8, 4) is 0 Å². The van der Waals surface area contributed by atoms with Crippen molar-refractivity contribution in [2.24, 2.45) is 5.92 Å². The van der Waals surface area contributed by atoms with Crippen molar-refractivity contribution in [1.29, 1.82) is 0 Å². The summed E-state index contributed by atoms with van der Waals surface area (Å²) < 4.78 is 5.08. The van der Waals surface area contributed by atoms with E-state index in [0.717, 1.165) is 0 Å². The molecule has 0 aromatic rings. The number of amides is 2. The molecule has 2 saturated heterocycles. The van der Waals surface area contributed by atoms with Crippen molar-refractivity contribution in [3.63, 3.8) is 0 Å². The number of ether oxygens (including phenoxy) is 1. The SMILES string of the molecule is CN1CC(C(=O)N2CCOCC2C(=O)O)CC1=O. The molecule has 0 aliphatic carbocycles. The van der Waals surface area contributed by atoms with Crippen LogP contribution >= 0.6 is 0 Å². The van der Waals surface area contributed by atoms with E-state index >= 15 is 0 Å². The minimum Gasteiger partial charge on any atom is -0.480 e. The van der Waals surface area contributed by atoms with Crippen LogP contribution in [0, 0.1) is 5.92 Å². The first-order valence-electron chi connectivity index (χ1n) is 5.85. The number of hydrogen-bond donors (Lipinski definition) is 1. The van der Waals surface area contributed by atoms with Crippen LogP contribution in [0.15, 0.2) is 0 Å². The molecule has 2 aliphatic rings. The maximum absolute atomic E-state index is 12.2. The minimum atomic E-state index is -1.07. The molecule has 2 aliphatic heterocycles. The summed E-state index contributed by atoms with van der Waals surface area (Å²) in [5.74, 6) is -1.83. The van der Waals surface area contributed by atoms with Crippen LogP contribution in [-0.2, 0) is 19.1 Å². The molecule has 0 spiro atoms. The largest absolute Gasteiger partial charge is 0.480 e. The Balaban J connectivity index is 2.07. The van der Waals surface area contributed by atoms with Gasteiger partial charge in [0.15, 0.2) is 6.04 Å². The van der Waals surface area contributed by atoms with Gasteiger partial charge >= 0.3 is 5.97 Å². The normalized spacial score (nSPS) is 28.6. The van der Waals surface area contributed by atoms with Gasteiger partial charge in [-0.1, -0.05) is 0 Å². The molecule has 1 N–H and O–H groups in total. The van der Waals surface area contributed by atoms with Gasteiger partial charge in [-0.15, -0.1) is 0 Å². The fraction of sp³-hybridized carbons (Fsp3) is 0.727. The number of carbonyl (C=O) groups is 3. The summed E-state index contributed by atoms with van der Waals surface area (Å²) in [5.41, 5.74) is 0. The van der Waals surface area contributed by atoms with Gasteiger partial charge in [-0.3, -0.25) is 9.59 Å². The molecule has 0 aromatic heterocycles. The van der Waals surface area contributed by atoms with Crippen molar-refractivity contribution in [2.75, 3.05) is 33.4 Å². The van der Waals surface area contributed by atoms with Gasteiger partial charge in [-0.25, -0.2) is 4.79 Å². The Labute approximate surface area is 104 Å². The van der Waals surface area contributed by atoms with E-state index in [1.54, 1.807) is 7.05 Å². The summed E-state index contributed by atoms with van der Waals surface area (Å²) in [4.78, 5) is 37.5. The van der Waals surface area contributed by atoms with Gasteiger partial charge < -0.3 is 19.6 Å². The maximum Gasteiger partial charge on any atom is 0.328 e. The van der Waals surface area contributed by atoms with E-state index in [-0.39, 0.29) is 31.4 Å². The molecule has 2 rings (SSSR count). The van der Waals surface area contributed by atoms with Crippen LogP contribution in [0.5, 0.6) is 0 Å². The van der Waals surface area contributed by atoms with Gasteiger partial charge in [-0.2, -0.15) is 0 Å². The van der Waals surface area contributed by atoms with Gasteiger partial charge in [0.05, 0.1) is 19.1 Å². The average molecular weight is 256 g/mol. The molecule has 2 atom stereocenters. The zero-order valence-electron chi connectivity index (χ0n) is 10.2. The van der Waals surface area contributed by atoms with Crippen molar-refractivity contribution in [2.45, 2.75) is 12.5 Å². The van der Waals surface area contributed by atoms with Crippen LogP contribution in [0.1, 0.15) is 6.42 Å². The fourth-order valence-electron chi connectivity index (χ4n) is 2.34. The Bertz CT molecular complexity index is 384. The molecule has 7 nitrogen and oxygen atoms in total. The minimum absolute atomic E-state index is 0.0115. The topological polar surface area (TPSA) is 87.2 Å². The Morgan fingerprint density at radius 2 is 2.17 bits per heavy atom. The standard InChI is InChI=1S/C11H16N2O5/c1-12-5-7(4-9(12)14)10(15)13-2-3-18-6-8(13)11(16)17/h7-8H,2-6H2,1H3,(H,16,17). The van der Waals surface area contributed by atoms with Crippen LogP contribution < -0.4 is 0 Å². The highest BCUT2D eigenvalue weighted by molar-refractivity contribution is 5.91. The van der Waals surface area contributed by atoms with Crippen molar-refractivity contribution < 1.29 is 24.2 Å². The van der Waals surface area contributed by atoms with Crippen molar-refractivity contribution in [3.05, 3.63) is 0 Å². The molecule has 0 bridgehead atoms. The van der Waals surface area contributed by atoms with Crippen molar-refractivity contribution in [1.82, 2.24) is 9.80 Å². The summed E-state index contributed by atoms with van der Waals surface area (Å²) >= 11 is 0. The summed E-state index contributed by atoms with van der Waals surface area (Å²) in [5, 5.41) is 9.05. The molecule has 0 saturated carbocycles. The molecule has 0 radical (unpaired) electrons. The van der Waals surface area contributed by atoms with Crippen LogP contribution in [0.4, 0.5) is 0 Å². The van der Waals surface area contributed by atoms with E-state index in [4.69, 9.17) is 9.84 Å². The van der Waals surface area contributed by atoms with E-state index in [2.05, 4.69) is 0 Å². The van der Waals surface area contributed by atoms with E-state index in [9.17, 15) is 14.4 Å². The number of carboxylic acids is 1. The summed E-state index contributed by atoms with van der Waals surface area (Å²) in [6.07, 6.45) is 0.166.